The number of amidine groups is 1. The van der Waals surface area contributed by atoms with E-state index in [9.17, 15) is 9.18 Å². The van der Waals surface area contributed by atoms with Gasteiger partial charge in [-0.05, 0) is 37.0 Å². The number of amides is 1. The number of fused-ring (bicyclic) bond motifs is 1. The molecule has 7 heteroatoms. The van der Waals surface area contributed by atoms with Crippen LogP contribution in [0.3, 0.4) is 0 Å². The summed E-state index contributed by atoms with van der Waals surface area (Å²) < 4.78 is 15.1. The van der Waals surface area contributed by atoms with E-state index in [2.05, 4.69) is 26.2 Å². The summed E-state index contributed by atoms with van der Waals surface area (Å²) in [6.07, 6.45) is 1.57. The van der Waals surface area contributed by atoms with E-state index in [1.807, 2.05) is 0 Å². The number of thioether (sulfide) groups is 1. The summed E-state index contributed by atoms with van der Waals surface area (Å²) >= 11 is 4.78. The van der Waals surface area contributed by atoms with Crippen molar-refractivity contribution in [3.63, 3.8) is 0 Å². The molecule has 1 aliphatic heterocycles. The van der Waals surface area contributed by atoms with Gasteiger partial charge in [0.1, 0.15) is 5.82 Å². The average molecular weight is 373 g/mol. The second-order valence-corrected chi connectivity index (χ2v) is 7.22. The van der Waals surface area contributed by atoms with E-state index in [4.69, 9.17) is 5.11 Å². The number of carboxylic acid groups (broad SMARTS) is 1. The number of carbonyl (C=O) groups is 1. The minimum absolute atomic E-state index is 0.241. The molecule has 2 atom stereocenters. The van der Waals surface area contributed by atoms with Gasteiger partial charge in [-0.3, -0.25) is 10.3 Å². The highest BCUT2D eigenvalue weighted by Gasteiger charge is 2.48. The zero-order valence-corrected chi connectivity index (χ0v) is 13.5. The second kappa shape index (κ2) is 5.61. The first kappa shape index (κ1) is 14.8. The van der Waals surface area contributed by atoms with Crippen molar-refractivity contribution in [2.45, 2.75) is 24.8 Å². The van der Waals surface area contributed by atoms with E-state index in [1.165, 1.54) is 17.8 Å². The van der Waals surface area contributed by atoms with E-state index in [-0.39, 0.29) is 11.7 Å². The second-order valence-electron chi connectivity index (χ2n) is 5.30. The van der Waals surface area contributed by atoms with Crippen LogP contribution in [0.4, 0.5) is 9.18 Å². The molecule has 0 bridgehead atoms. The predicted molar refractivity (Wildman–Crippen MR) is 84.2 cm³/mol. The quantitative estimate of drug-likeness (QED) is 0.784. The molecule has 1 heterocycles. The molecule has 1 aliphatic carbocycles. The lowest BCUT2D eigenvalue weighted by molar-refractivity contribution is 0.200. The summed E-state index contributed by atoms with van der Waals surface area (Å²) in [7, 11) is 0. The van der Waals surface area contributed by atoms with Crippen molar-refractivity contribution in [3.8, 4) is 0 Å². The van der Waals surface area contributed by atoms with E-state index in [0.29, 0.717) is 10.7 Å². The smallest absolute Gasteiger partial charge is 0.410 e. The van der Waals surface area contributed by atoms with Crippen LogP contribution in [-0.2, 0) is 5.54 Å². The van der Waals surface area contributed by atoms with Crippen molar-refractivity contribution < 1.29 is 14.3 Å². The molecule has 1 aromatic carbocycles. The van der Waals surface area contributed by atoms with Gasteiger partial charge in [0.25, 0.3) is 0 Å². The molecule has 4 nitrogen and oxygen atoms in total. The fourth-order valence-electron chi connectivity index (χ4n) is 3.22. The minimum Gasteiger partial charge on any atom is -0.465 e. The Balaban J connectivity index is 2.09. The molecule has 21 heavy (non-hydrogen) atoms. The Hall–Kier alpha value is -1.08. The van der Waals surface area contributed by atoms with Crippen molar-refractivity contribution in [1.82, 2.24) is 5.32 Å². The van der Waals surface area contributed by atoms with Crippen molar-refractivity contribution in [1.29, 1.82) is 0 Å². The Morgan fingerprint density at radius 2 is 2.38 bits per heavy atom. The number of hydrogen-bond acceptors (Lipinski definition) is 3. The topological polar surface area (TPSA) is 61.7 Å². The van der Waals surface area contributed by atoms with Crippen LogP contribution in [0.2, 0.25) is 0 Å². The average Bonchev–Trinajstić information content (AvgIpc) is 2.84. The Morgan fingerprint density at radius 3 is 3.14 bits per heavy atom. The largest absolute Gasteiger partial charge is 0.465 e. The summed E-state index contributed by atoms with van der Waals surface area (Å²) in [5.74, 6) is 0.714. The lowest BCUT2D eigenvalue weighted by Gasteiger charge is -2.36. The highest BCUT2D eigenvalue weighted by atomic mass is 79.9. The maximum absolute atomic E-state index is 14.3. The lowest BCUT2D eigenvalue weighted by atomic mass is 9.81. The van der Waals surface area contributed by atoms with Crippen LogP contribution in [0.1, 0.15) is 24.8 Å². The van der Waals surface area contributed by atoms with Crippen LogP contribution in [0.25, 0.3) is 0 Å². The summed E-state index contributed by atoms with van der Waals surface area (Å²) in [5.41, 5.74) is -0.0824. The normalized spacial score (nSPS) is 27.9. The number of aliphatic imine (C=N–C) groups is 1. The van der Waals surface area contributed by atoms with Gasteiger partial charge >= 0.3 is 6.09 Å². The third-order valence-electron chi connectivity index (χ3n) is 4.12. The molecule has 1 amide bonds. The molecular weight excluding hydrogens is 359 g/mol. The molecular formula is C14H14BrFN2O2S. The number of benzene rings is 1. The minimum atomic E-state index is -1.14. The summed E-state index contributed by atoms with van der Waals surface area (Å²) in [5, 5.41) is 11.6. The number of rotatable bonds is 1. The highest BCUT2D eigenvalue weighted by Crippen LogP contribution is 2.51. The molecule has 1 saturated carbocycles. The Bertz CT molecular complexity index is 625. The summed E-state index contributed by atoms with van der Waals surface area (Å²) in [6.45, 7) is 0. The van der Waals surface area contributed by atoms with Crippen LogP contribution < -0.4 is 5.32 Å². The van der Waals surface area contributed by atoms with Gasteiger partial charge in [-0.15, -0.1) is 0 Å². The van der Waals surface area contributed by atoms with Crippen LogP contribution >= 0.6 is 27.7 Å². The van der Waals surface area contributed by atoms with Gasteiger partial charge in [0.15, 0.2) is 5.17 Å². The van der Waals surface area contributed by atoms with Gasteiger partial charge in [-0.25, -0.2) is 9.18 Å². The van der Waals surface area contributed by atoms with E-state index in [0.717, 1.165) is 29.5 Å². The zero-order valence-electron chi connectivity index (χ0n) is 11.1. The maximum atomic E-state index is 14.3. The molecule has 3 rings (SSSR count). The third-order valence-corrected chi connectivity index (χ3v) is 5.65. The fraction of sp³-hybridized carbons (Fsp3) is 0.429. The molecule has 2 aliphatic rings. The zero-order chi connectivity index (χ0) is 15.0. The number of hydrogen-bond donors (Lipinski definition) is 2. The molecule has 0 unspecified atom stereocenters. The maximum Gasteiger partial charge on any atom is 0.410 e. The van der Waals surface area contributed by atoms with Gasteiger partial charge in [0, 0.05) is 15.8 Å². The van der Waals surface area contributed by atoms with Crippen molar-refractivity contribution in [3.05, 3.63) is 34.1 Å². The molecule has 112 valence electrons. The van der Waals surface area contributed by atoms with Gasteiger partial charge < -0.3 is 5.11 Å². The Labute approximate surface area is 134 Å². The van der Waals surface area contributed by atoms with Crippen LogP contribution in [-0.4, -0.2) is 22.1 Å². The Kier molecular flexibility index (Phi) is 3.96. The lowest BCUT2D eigenvalue weighted by Crippen LogP contribution is -2.40. The molecule has 0 spiro atoms. The monoisotopic (exact) mass is 372 g/mol. The van der Waals surface area contributed by atoms with Crippen molar-refractivity contribution >= 4 is 39.0 Å². The molecule has 1 fully saturated rings. The number of nitrogens with zero attached hydrogens (tertiary/aromatic N) is 1. The van der Waals surface area contributed by atoms with E-state index >= 15 is 0 Å². The van der Waals surface area contributed by atoms with Crippen molar-refractivity contribution in [2.24, 2.45) is 10.9 Å². The van der Waals surface area contributed by atoms with Crippen LogP contribution in [0.5, 0.6) is 0 Å². The van der Waals surface area contributed by atoms with Crippen molar-refractivity contribution in [2.75, 3.05) is 5.75 Å². The van der Waals surface area contributed by atoms with E-state index in [1.54, 1.807) is 12.1 Å². The number of nitrogens with one attached hydrogen (secondary N) is 1. The number of halogens is 2. The first-order chi connectivity index (χ1) is 10.0. The van der Waals surface area contributed by atoms with Gasteiger partial charge in [0.05, 0.1) is 5.54 Å². The molecule has 2 N–H and O–H groups in total. The first-order valence-corrected chi connectivity index (χ1v) is 8.47. The molecule has 1 aromatic rings. The molecule has 0 saturated heterocycles. The van der Waals surface area contributed by atoms with Gasteiger partial charge in [0.2, 0.25) is 0 Å². The van der Waals surface area contributed by atoms with Gasteiger partial charge in [-0.1, -0.05) is 34.1 Å². The SMILES string of the molecule is O=C(O)NC1=N[C@@]2(c3cc(Br)ccc3F)CCC[C@H]2CS1. The summed E-state index contributed by atoms with van der Waals surface area (Å²) in [4.78, 5) is 15.4. The Morgan fingerprint density at radius 1 is 1.57 bits per heavy atom. The standard InChI is InChI=1S/C14H14BrFN2O2S/c15-9-3-4-11(16)10(6-9)14-5-1-2-8(14)7-21-12(18-14)17-13(19)20/h3-4,6,8H,1-2,5,7H2,(H,17,18)(H,19,20)/t8-,14-/m0/s1. The molecule has 0 radical (unpaired) electrons. The van der Waals surface area contributed by atoms with Crippen LogP contribution in [0.15, 0.2) is 27.7 Å². The summed E-state index contributed by atoms with van der Waals surface area (Å²) in [6, 6.07) is 4.87. The third kappa shape index (κ3) is 2.68. The van der Waals surface area contributed by atoms with Crippen LogP contribution in [0, 0.1) is 11.7 Å². The van der Waals surface area contributed by atoms with Gasteiger partial charge in [-0.2, -0.15) is 0 Å². The van der Waals surface area contributed by atoms with E-state index < -0.39 is 11.6 Å². The highest BCUT2D eigenvalue weighted by molar-refractivity contribution is 9.10. The predicted octanol–water partition coefficient (Wildman–Crippen LogP) is 3.95. The molecule has 0 aromatic heterocycles. The first-order valence-electron chi connectivity index (χ1n) is 6.69. The fourth-order valence-corrected chi connectivity index (χ4v) is 4.77.